The minimum absolute atomic E-state index is 0.0972. The lowest BCUT2D eigenvalue weighted by Gasteiger charge is -1.83. The van der Waals surface area contributed by atoms with Gasteiger partial charge in [-0.05, 0) is 17.2 Å². The van der Waals surface area contributed by atoms with E-state index in [0.29, 0.717) is 5.76 Å². The summed E-state index contributed by atoms with van der Waals surface area (Å²) in [5.41, 5.74) is 2.85. The highest BCUT2D eigenvalue weighted by Gasteiger charge is 2.07. The highest BCUT2D eigenvalue weighted by Crippen LogP contribution is 2.32. The minimum Gasteiger partial charge on any atom is -0.481 e. The molecule has 76 valence electrons. The van der Waals surface area contributed by atoms with E-state index in [4.69, 9.17) is 5.11 Å². The second-order valence-corrected chi connectivity index (χ2v) is 3.13. The molecule has 2 aliphatic carbocycles. The zero-order valence-electron chi connectivity index (χ0n) is 7.88. The number of aliphatic carboxylic acids is 1. The Labute approximate surface area is 86.1 Å². The van der Waals surface area contributed by atoms with Crippen LogP contribution in [0.2, 0.25) is 0 Å². The number of benzene rings is 1. The maximum atomic E-state index is 9.98. The van der Waals surface area contributed by atoms with Crippen molar-refractivity contribution in [1.29, 1.82) is 0 Å². The average molecular weight is 203 g/mol. The van der Waals surface area contributed by atoms with Crippen LogP contribution in [0.5, 0.6) is 0 Å². The van der Waals surface area contributed by atoms with Gasteiger partial charge in [-0.1, -0.05) is 23.4 Å². The lowest BCUT2D eigenvalue weighted by molar-refractivity contribution is -0.136. The molecule has 1 heterocycles. The van der Waals surface area contributed by atoms with E-state index in [9.17, 15) is 4.79 Å². The van der Waals surface area contributed by atoms with Crippen LogP contribution in [-0.4, -0.2) is 16.2 Å². The van der Waals surface area contributed by atoms with Gasteiger partial charge in [0, 0.05) is 6.07 Å². The van der Waals surface area contributed by atoms with Crippen molar-refractivity contribution in [3.05, 3.63) is 42.3 Å². The van der Waals surface area contributed by atoms with Gasteiger partial charge in [-0.2, -0.15) is 0 Å². The zero-order valence-corrected chi connectivity index (χ0v) is 7.88. The van der Waals surface area contributed by atoms with E-state index in [0.717, 1.165) is 0 Å². The molecule has 2 aliphatic rings. The van der Waals surface area contributed by atoms with Gasteiger partial charge in [-0.15, -0.1) is 0 Å². The van der Waals surface area contributed by atoms with Crippen LogP contribution in [0.25, 0.3) is 11.1 Å². The van der Waals surface area contributed by atoms with Crippen molar-refractivity contribution in [2.45, 2.75) is 6.42 Å². The van der Waals surface area contributed by atoms with E-state index < -0.39 is 5.97 Å². The van der Waals surface area contributed by atoms with Crippen molar-refractivity contribution in [3.8, 4) is 11.1 Å². The maximum absolute atomic E-state index is 9.98. The maximum Gasteiger partial charge on any atom is 0.311 e. The Morgan fingerprint density at radius 3 is 2.40 bits per heavy atom. The fourth-order valence-electron chi connectivity index (χ4n) is 1.16. The highest BCUT2D eigenvalue weighted by molar-refractivity contribution is 5.80. The summed E-state index contributed by atoms with van der Waals surface area (Å²) in [6.45, 7) is 0. The van der Waals surface area contributed by atoms with Crippen LogP contribution in [0.3, 0.4) is 0 Å². The number of carbonyl (C=O) groups is 1. The van der Waals surface area contributed by atoms with Gasteiger partial charge in [0.2, 0.25) is 0 Å². The lowest BCUT2D eigenvalue weighted by Crippen LogP contribution is -1.97. The van der Waals surface area contributed by atoms with E-state index in [-0.39, 0.29) is 6.42 Å². The van der Waals surface area contributed by atoms with Crippen LogP contribution < -0.4 is 0 Å². The number of rotatable bonds is 2. The predicted octanol–water partition coefficient (Wildman–Crippen LogP) is 1.97. The Kier molecular flexibility index (Phi) is 2.49. The first kappa shape index (κ1) is 9.45. The van der Waals surface area contributed by atoms with Gasteiger partial charge in [0.25, 0.3) is 0 Å². The van der Waals surface area contributed by atoms with E-state index >= 15 is 0 Å². The summed E-state index contributed by atoms with van der Waals surface area (Å²) in [4.78, 5) is 9.98. The third-order valence-electron chi connectivity index (χ3n) is 1.93. The molecule has 0 spiro atoms. The summed E-state index contributed by atoms with van der Waals surface area (Å²) in [5.74, 6) is -0.533. The van der Waals surface area contributed by atoms with Gasteiger partial charge < -0.3 is 9.63 Å². The summed E-state index contributed by atoms with van der Waals surface area (Å²) >= 11 is 0. The van der Waals surface area contributed by atoms with Crippen molar-refractivity contribution < 1.29 is 14.4 Å². The Bertz CT molecular complexity index is 445. The molecule has 3 rings (SSSR count). The largest absolute Gasteiger partial charge is 0.481 e. The molecule has 1 aromatic rings. The third-order valence-corrected chi connectivity index (χ3v) is 1.93. The third kappa shape index (κ3) is 2.67. The Morgan fingerprint density at radius 1 is 1.33 bits per heavy atom. The molecule has 4 nitrogen and oxygen atoms in total. The predicted molar refractivity (Wildman–Crippen MR) is 53.3 cm³/mol. The van der Waals surface area contributed by atoms with Crippen molar-refractivity contribution in [2.24, 2.45) is 0 Å². The fourth-order valence-corrected chi connectivity index (χ4v) is 1.16. The van der Waals surface area contributed by atoms with Crippen LogP contribution in [0.4, 0.5) is 0 Å². The van der Waals surface area contributed by atoms with Crippen LogP contribution in [0.1, 0.15) is 5.76 Å². The second kappa shape index (κ2) is 3.96. The molecule has 4 heteroatoms. The summed E-state index contributed by atoms with van der Waals surface area (Å²) in [5, 5.41) is 11.5. The summed E-state index contributed by atoms with van der Waals surface area (Å²) in [7, 11) is 0. The highest BCUT2D eigenvalue weighted by atomic mass is 16.5. The number of fused-ring (bicyclic) bond motifs is 1. The molecule has 0 atom stereocenters. The smallest absolute Gasteiger partial charge is 0.311 e. The molecular weight excluding hydrogens is 194 g/mol. The van der Waals surface area contributed by atoms with Crippen LogP contribution in [-0.2, 0) is 11.2 Å². The Morgan fingerprint density at radius 2 is 2.07 bits per heavy atom. The molecule has 0 saturated heterocycles. The fraction of sp³-hybridized carbons (Fsp3) is 0.0909. The summed E-state index contributed by atoms with van der Waals surface area (Å²) in [6, 6.07) is 10.0. The molecule has 0 aliphatic heterocycles. The number of carboxylic acid groups (broad SMARTS) is 1. The first-order valence-electron chi connectivity index (χ1n) is 4.47. The van der Waals surface area contributed by atoms with Gasteiger partial charge in [0.15, 0.2) is 0 Å². The normalized spacial score (nSPS) is 10.1. The number of hydrogen-bond acceptors (Lipinski definition) is 3. The molecule has 0 amide bonds. The van der Waals surface area contributed by atoms with Gasteiger partial charge >= 0.3 is 5.97 Å². The van der Waals surface area contributed by atoms with Crippen molar-refractivity contribution in [1.82, 2.24) is 5.16 Å². The SMILES string of the molecule is O=C(O)Cc1ccno1.c1cc2cc-2c1. The van der Waals surface area contributed by atoms with Crippen LogP contribution >= 0.6 is 0 Å². The van der Waals surface area contributed by atoms with Crippen molar-refractivity contribution >= 4 is 5.97 Å². The van der Waals surface area contributed by atoms with E-state index in [1.54, 1.807) is 0 Å². The molecule has 1 aromatic heterocycles. The van der Waals surface area contributed by atoms with Crippen molar-refractivity contribution in [3.63, 3.8) is 0 Å². The van der Waals surface area contributed by atoms with Crippen molar-refractivity contribution in [2.75, 3.05) is 0 Å². The van der Waals surface area contributed by atoms with E-state index in [1.807, 2.05) is 0 Å². The topological polar surface area (TPSA) is 63.3 Å². The number of aromatic nitrogens is 1. The van der Waals surface area contributed by atoms with Gasteiger partial charge in [-0.3, -0.25) is 4.79 Å². The quantitative estimate of drug-likeness (QED) is 0.691. The molecule has 15 heavy (non-hydrogen) atoms. The lowest BCUT2D eigenvalue weighted by atomic mass is 10.3. The second-order valence-electron chi connectivity index (χ2n) is 3.13. The zero-order chi connectivity index (χ0) is 10.7. The van der Waals surface area contributed by atoms with Crippen LogP contribution in [0, 0.1) is 0 Å². The van der Waals surface area contributed by atoms with Gasteiger partial charge in [0.1, 0.15) is 12.2 Å². The average Bonchev–Trinajstić information content (AvgIpc) is 2.68. The molecule has 0 fully saturated rings. The summed E-state index contributed by atoms with van der Waals surface area (Å²) in [6.07, 6.45) is 1.32. The number of hydrogen-bond donors (Lipinski definition) is 1. The Balaban J connectivity index is 0.000000121. The first-order valence-corrected chi connectivity index (χ1v) is 4.47. The molecule has 0 radical (unpaired) electrons. The number of nitrogens with zero attached hydrogens (tertiary/aromatic N) is 1. The summed E-state index contributed by atoms with van der Waals surface area (Å²) < 4.78 is 4.51. The number of carboxylic acids is 1. The van der Waals surface area contributed by atoms with E-state index in [1.165, 1.54) is 23.4 Å². The minimum atomic E-state index is -0.910. The molecule has 1 N–H and O–H groups in total. The van der Waals surface area contributed by atoms with E-state index in [2.05, 4.69) is 33.9 Å². The van der Waals surface area contributed by atoms with Gasteiger partial charge in [0.05, 0.1) is 6.20 Å². The Hall–Kier alpha value is -2.10. The monoisotopic (exact) mass is 203 g/mol. The molecule has 0 aromatic carbocycles. The molecule has 0 unspecified atom stereocenters. The molecule has 0 bridgehead atoms. The molecular formula is C11H9NO3. The standard InChI is InChI=1S/C6H4.C5H5NO3/c1-2-5-4-6(5)3-1;7-5(8)3-4-1-2-6-9-4/h1-4H;1-2H,3H2,(H,7,8). The van der Waals surface area contributed by atoms with Crippen LogP contribution in [0.15, 0.2) is 41.1 Å². The molecule has 0 saturated carbocycles. The first-order chi connectivity index (χ1) is 7.25. The van der Waals surface area contributed by atoms with Gasteiger partial charge in [-0.25, -0.2) is 0 Å².